The fraction of sp³-hybridized carbons (Fsp3) is 0.258. The lowest BCUT2D eigenvalue weighted by atomic mass is 10.1. The number of carbonyl (C=O) groups excluding carboxylic acids is 2. The van der Waals surface area contributed by atoms with Crippen molar-refractivity contribution in [1.29, 1.82) is 0 Å². The average molecular weight is 530 g/mol. The van der Waals surface area contributed by atoms with Crippen LogP contribution in [0.4, 0.5) is 9.18 Å². The maximum absolute atomic E-state index is 13.7. The van der Waals surface area contributed by atoms with Crippen LogP contribution in [-0.4, -0.2) is 34.8 Å². The lowest BCUT2D eigenvalue weighted by molar-refractivity contribution is -0.133. The SMILES string of the molecule is CC(C)CN(CC(=O)N(Cc1ccc(F)cc1)Cc1coc2ccccc2c1=O)C(=O)NCc1ccccc1. The highest BCUT2D eigenvalue weighted by molar-refractivity contribution is 5.84. The van der Waals surface area contributed by atoms with Crippen LogP contribution in [0, 0.1) is 11.7 Å². The van der Waals surface area contributed by atoms with Gasteiger partial charge in [0.05, 0.1) is 23.8 Å². The Bertz CT molecular complexity index is 1470. The van der Waals surface area contributed by atoms with E-state index in [1.165, 1.54) is 28.2 Å². The molecule has 0 aliphatic rings. The number of urea groups is 1. The number of amides is 3. The van der Waals surface area contributed by atoms with Gasteiger partial charge >= 0.3 is 6.03 Å². The molecule has 7 nitrogen and oxygen atoms in total. The van der Waals surface area contributed by atoms with E-state index in [0.29, 0.717) is 35.2 Å². The second kappa shape index (κ2) is 12.9. The van der Waals surface area contributed by atoms with E-state index in [1.807, 2.05) is 44.2 Å². The van der Waals surface area contributed by atoms with Gasteiger partial charge in [0, 0.05) is 19.6 Å². The summed E-state index contributed by atoms with van der Waals surface area (Å²) in [5.74, 6) is -0.606. The van der Waals surface area contributed by atoms with Crippen molar-refractivity contribution in [2.75, 3.05) is 13.1 Å². The van der Waals surface area contributed by atoms with Gasteiger partial charge in [-0.1, -0.05) is 68.4 Å². The van der Waals surface area contributed by atoms with E-state index in [-0.39, 0.29) is 48.7 Å². The maximum atomic E-state index is 13.7. The number of para-hydroxylation sites is 1. The number of carbonyl (C=O) groups is 2. The molecular formula is C31H32FN3O4. The Morgan fingerprint density at radius 3 is 2.28 bits per heavy atom. The van der Waals surface area contributed by atoms with Gasteiger partial charge in [-0.15, -0.1) is 0 Å². The molecule has 3 amide bonds. The minimum atomic E-state index is -0.384. The summed E-state index contributed by atoms with van der Waals surface area (Å²) in [5, 5.41) is 3.32. The fourth-order valence-electron chi connectivity index (χ4n) is 4.28. The maximum Gasteiger partial charge on any atom is 0.318 e. The van der Waals surface area contributed by atoms with Gasteiger partial charge < -0.3 is 19.5 Å². The molecule has 39 heavy (non-hydrogen) atoms. The second-order valence-corrected chi connectivity index (χ2v) is 9.88. The highest BCUT2D eigenvalue weighted by Crippen LogP contribution is 2.15. The first-order valence-corrected chi connectivity index (χ1v) is 12.9. The molecule has 0 saturated heterocycles. The van der Waals surface area contributed by atoms with E-state index in [9.17, 15) is 18.8 Å². The van der Waals surface area contributed by atoms with Crippen LogP contribution in [0.1, 0.15) is 30.5 Å². The number of nitrogens with zero attached hydrogens (tertiary/aromatic N) is 2. The van der Waals surface area contributed by atoms with E-state index in [4.69, 9.17) is 4.42 Å². The molecule has 0 bridgehead atoms. The van der Waals surface area contributed by atoms with Crippen molar-refractivity contribution in [1.82, 2.24) is 15.1 Å². The molecule has 0 fully saturated rings. The van der Waals surface area contributed by atoms with E-state index in [0.717, 1.165) is 5.56 Å². The first-order chi connectivity index (χ1) is 18.8. The molecule has 0 atom stereocenters. The molecule has 0 saturated carbocycles. The highest BCUT2D eigenvalue weighted by Gasteiger charge is 2.24. The summed E-state index contributed by atoms with van der Waals surface area (Å²) in [6.45, 7) is 4.57. The number of nitrogens with one attached hydrogen (secondary N) is 1. The molecule has 4 aromatic rings. The number of benzene rings is 3. The molecule has 0 radical (unpaired) electrons. The van der Waals surface area contributed by atoms with Crippen LogP contribution in [0.2, 0.25) is 0 Å². The number of hydrogen-bond acceptors (Lipinski definition) is 4. The summed E-state index contributed by atoms with van der Waals surface area (Å²) in [5.41, 5.74) is 2.18. The topological polar surface area (TPSA) is 82.9 Å². The predicted octanol–water partition coefficient (Wildman–Crippen LogP) is 5.33. The van der Waals surface area contributed by atoms with Gasteiger partial charge in [-0.2, -0.15) is 0 Å². The molecule has 1 aromatic heterocycles. The zero-order valence-corrected chi connectivity index (χ0v) is 22.1. The van der Waals surface area contributed by atoms with Crippen molar-refractivity contribution >= 4 is 22.9 Å². The molecule has 8 heteroatoms. The summed E-state index contributed by atoms with van der Waals surface area (Å²) in [6.07, 6.45) is 1.37. The molecule has 1 N–H and O–H groups in total. The molecule has 4 rings (SSSR count). The normalized spacial score (nSPS) is 11.0. The van der Waals surface area contributed by atoms with E-state index < -0.39 is 0 Å². The van der Waals surface area contributed by atoms with Crippen molar-refractivity contribution in [3.63, 3.8) is 0 Å². The van der Waals surface area contributed by atoms with E-state index in [2.05, 4.69) is 5.32 Å². The molecule has 1 heterocycles. The van der Waals surface area contributed by atoms with E-state index in [1.54, 1.807) is 36.4 Å². The zero-order chi connectivity index (χ0) is 27.8. The van der Waals surface area contributed by atoms with Crippen LogP contribution in [-0.2, 0) is 24.4 Å². The van der Waals surface area contributed by atoms with Gasteiger partial charge in [-0.25, -0.2) is 9.18 Å². The summed E-state index contributed by atoms with van der Waals surface area (Å²) < 4.78 is 19.2. The third-order valence-electron chi connectivity index (χ3n) is 6.24. The highest BCUT2D eigenvalue weighted by atomic mass is 19.1. The second-order valence-electron chi connectivity index (χ2n) is 9.88. The van der Waals surface area contributed by atoms with Gasteiger partial charge in [0.2, 0.25) is 5.91 Å². The third kappa shape index (κ3) is 7.54. The number of fused-ring (bicyclic) bond motifs is 1. The Labute approximate surface area is 226 Å². The van der Waals surface area contributed by atoms with Crippen LogP contribution >= 0.6 is 0 Å². The first-order valence-electron chi connectivity index (χ1n) is 12.9. The predicted molar refractivity (Wildman–Crippen MR) is 148 cm³/mol. The first kappa shape index (κ1) is 27.6. The molecule has 0 aliphatic heterocycles. The quantitative estimate of drug-likeness (QED) is 0.301. The lowest BCUT2D eigenvalue weighted by Gasteiger charge is -2.29. The summed E-state index contributed by atoms with van der Waals surface area (Å²) in [6, 6.07) is 21.9. The Kier molecular flexibility index (Phi) is 9.10. The smallest absolute Gasteiger partial charge is 0.318 e. The van der Waals surface area contributed by atoms with Gasteiger partial charge in [-0.3, -0.25) is 9.59 Å². The van der Waals surface area contributed by atoms with Crippen LogP contribution in [0.3, 0.4) is 0 Å². The van der Waals surface area contributed by atoms with Crippen molar-refractivity contribution in [3.8, 4) is 0 Å². The lowest BCUT2D eigenvalue weighted by Crippen LogP contribution is -2.47. The largest absolute Gasteiger partial charge is 0.464 e. The average Bonchev–Trinajstić information content (AvgIpc) is 2.94. The minimum Gasteiger partial charge on any atom is -0.464 e. The van der Waals surface area contributed by atoms with Gasteiger partial charge in [0.1, 0.15) is 17.9 Å². The van der Waals surface area contributed by atoms with Crippen molar-refractivity contribution in [2.45, 2.75) is 33.5 Å². The molecule has 0 unspecified atom stereocenters. The monoisotopic (exact) mass is 529 g/mol. The van der Waals surface area contributed by atoms with Crippen molar-refractivity contribution in [3.05, 3.63) is 118 Å². The van der Waals surface area contributed by atoms with Gasteiger partial charge in [-0.05, 0) is 41.3 Å². The number of hydrogen-bond donors (Lipinski definition) is 1. The molecule has 202 valence electrons. The van der Waals surface area contributed by atoms with Crippen molar-refractivity contribution < 1.29 is 18.4 Å². The Hall–Kier alpha value is -4.46. The Morgan fingerprint density at radius 1 is 0.872 bits per heavy atom. The molecule has 3 aromatic carbocycles. The number of halogens is 1. The fourth-order valence-corrected chi connectivity index (χ4v) is 4.28. The standard InChI is InChI=1S/C31H32FN3O4/c1-22(2)17-35(31(38)33-16-23-8-4-3-5-9-23)20-29(36)34(18-24-12-14-26(32)15-13-24)19-25-21-39-28-11-7-6-10-27(28)30(25)37/h3-15,21-22H,16-20H2,1-2H3,(H,33,38). The zero-order valence-electron chi connectivity index (χ0n) is 22.1. The molecule has 0 spiro atoms. The van der Waals surface area contributed by atoms with Crippen LogP contribution in [0.15, 0.2) is 94.3 Å². The Balaban J connectivity index is 1.56. The third-order valence-corrected chi connectivity index (χ3v) is 6.24. The summed E-state index contributed by atoms with van der Waals surface area (Å²) in [7, 11) is 0. The van der Waals surface area contributed by atoms with Crippen LogP contribution in [0.25, 0.3) is 11.0 Å². The Morgan fingerprint density at radius 2 is 1.56 bits per heavy atom. The van der Waals surface area contributed by atoms with E-state index >= 15 is 0 Å². The molecule has 0 aliphatic carbocycles. The van der Waals surface area contributed by atoms with Crippen LogP contribution in [0.5, 0.6) is 0 Å². The summed E-state index contributed by atoms with van der Waals surface area (Å²) >= 11 is 0. The number of rotatable bonds is 10. The van der Waals surface area contributed by atoms with Crippen LogP contribution < -0.4 is 10.7 Å². The van der Waals surface area contributed by atoms with Gasteiger partial charge in [0.25, 0.3) is 0 Å². The van der Waals surface area contributed by atoms with Crippen molar-refractivity contribution in [2.24, 2.45) is 5.92 Å². The minimum absolute atomic E-state index is 0.0233. The molecular weight excluding hydrogens is 497 g/mol. The van der Waals surface area contributed by atoms with Gasteiger partial charge in [0.15, 0.2) is 5.43 Å². The summed E-state index contributed by atoms with van der Waals surface area (Å²) in [4.78, 5) is 42.9.